The Morgan fingerprint density at radius 2 is 1.64 bits per heavy atom. The molecule has 2 aromatic carbocycles. The van der Waals surface area contributed by atoms with Crippen LogP contribution in [0, 0.1) is 0 Å². The molecular weight excluding hydrogens is 548 g/mol. The van der Waals surface area contributed by atoms with Crippen LogP contribution in [0.4, 0.5) is 4.79 Å². The highest BCUT2D eigenvalue weighted by Crippen LogP contribution is 2.48. The molecule has 2 amide bonds. The zero-order valence-electron chi connectivity index (χ0n) is 25.3. The van der Waals surface area contributed by atoms with Gasteiger partial charge in [-0.15, -0.1) is 11.8 Å². The molecule has 42 heavy (non-hydrogen) atoms. The minimum atomic E-state index is -0.795. The van der Waals surface area contributed by atoms with Crippen molar-refractivity contribution in [1.82, 2.24) is 10.2 Å². The largest absolute Gasteiger partial charge is 0.467 e. The summed E-state index contributed by atoms with van der Waals surface area (Å²) >= 11 is 1.75. The molecule has 0 aliphatic carbocycles. The number of carbonyl (C=O) groups excluding carboxylic acids is 3. The number of allylic oxidation sites excluding steroid dienone is 1. The molecule has 0 aromatic heterocycles. The molecule has 2 aliphatic heterocycles. The number of benzene rings is 2. The molecule has 2 heterocycles. The van der Waals surface area contributed by atoms with Gasteiger partial charge in [0.25, 0.3) is 0 Å². The van der Waals surface area contributed by atoms with Gasteiger partial charge in [-0.1, -0.05) is 86.0 Å². The van der Waals surface area contributed by atoms with Crippen molar-refractivity contribution >= 4 is 29.7 Å². The number of rotatable bonds is 4. The Kier molecular flexibility index (Phi) is 10.8. The van der Waals surface area contributed by atoms with Crippen molar-refractivity contribution in [3.8, 4) is 11.1 Å². The van der Waals surface area contributed by atoms with E-state index < -0.39 is 34.5 Å². The van der Waals surface area contributed by atoms with Gasteiger partial charge < -0.3 is 19.7 Å². The van der Waals surface area contributed by atoms with E-state index in [0.29, 0.717) is 19.4 Å². The molecule has 3 atom stereocenters. The lowest BCUT2D eigenvalue weighted by Gasteiger charge is -2.31. The fourth-order valence-corrected chi connectivity index (χ4v) is 7.07. The summed E-state index contributed by atoms with van der Waals surface area (Å²) in [6.45, 7) is 5.71. The number of amides is 2. The Bertz CT molecular complexity index is 1240. The molecule has 1 saturated heterocycles. The van der Waals surface area contributed by atoms with E-state index in [1.54, 1.807) is 37.4 Å². The average Bonchev–Trinajstić information content (AvgIpc) is 3.36. The third-order valence-corrected chi connectivity index (χ3v) is 9.27. The monoisotopic (exact) mass is 592 g/mol. The van der Waals surface area contributed by atoms with Crippen LogP contribution in [0.25, 0.3) is 11.1 Å². The van der Waals surface area contributed by atoms with E-state index in [9.17, 15) is 14.4 Å². The summed E-state index contributed by atoms with van der Waals surface area (Å²) in [5.41, 5.74) is 2.60. The molecule has 2 aliphatic rings. The van der Waals surface area contributed by atoms with E-state index in [4.69, 9.17) is 9.47 Å². The van der Waals surface area contributed by atoms with Crippen LogP contribution >= 0.6 is 11.8 Å². The summed E-state index contributed by atoms with van der Waals surface area (Å²) in [5.74, 6) is 0.0418. The molecule has 226 valence electrons. The molecular formula is C34H44N2O5S. The fraction of sp³-hybridized carbons (Fsp3) is 0.500. The minimum Gasteiger partial charge on any atom is -0.467 e. The van der Waals surface area contributed by atoms with Crippen molar-refractivity contribution < 1.29 is 23.9 Å². The number of thioether (sulfide) groups is 1. The lowest BCUT2D eigenvalue weighted by molar-refractivity contribution is -0.151. The summed E-state index contributed by atoms with van der Waals surface area (Å²) in [7, 11) is 1.36. The minimum absolute atomic E-state index is 0.273. The van der Waals surface area contributed by atoms with Gasteiger partial charge in [0.15, 0.2) is 0 Å². The van der Waals surface area contributed by atoms with Crippen LogP contribution in [-0.2, 0) is 23.8 Å². The summed E-state index contributed by atoms with van der Waals surface area (Å²) in [6.07, 6.45) is 9.60. The quantitative estimate of drug-likeness (QED) is 0.308. The predicted molar refractivity (Wildman–Crippen MR) is 168 cm³/mol. The number of esters is 1. The first-order chi connectivity index (χ1) is 20.1. The highest BCUT2D eigenvalue weighted by atomic mass is 32.2. The van der Waals surface area contributed by atoms with Crippen LogP contribution in [0.15, 0.2) is 66.7 Å². The van der Waals surface area contributed by atoms with Gasteiger partial charge in [-0.25, -0.2) is 9.59 Å². The highest BCUT2D eigenvalue weighted by Gasteiger charge is 2.51. The van der Waals surface area contributed by atoms with Crippen LogP contribution in [0.2, 0.25) is 0 Å². The van der Waals surface area contributed by atoms with E-state index in [2.05, 4.69) is 53.9 Å². The zero-order chi connectivity index (χ0) is 30.2. The predicted octanol–water partition coefficient (Wildman–Crippen LogP) is 6.86. The first-order valence-corrected chi connectivity index (χ1v) is 15.9. The first kappa shape index (κ1) is 31.7. The molecule has 1 N–H and O–H groups in total. The summed E-state index contributed by atoms with van der Waals surface area (Å²) in [6, 6.07) is 17.1. The number of nitrogens with one attached hydrogen (secondary N) is 1. The normalized spacial score (nSPS) is 23.9. The van der Waals surface area contributed by atoms with Crippen molar-refractivity contribution in [2.45, 2.75) is 88.1 Å². The van der Waals surface area contributed by atoms with E-state index in [1.165, 1.54) is 7.11 Å². The number of hydrogen-bond donors (Lipinski definition) is 1. The van der Waals surface area contributed by atoms with Crippen molar-refractivity contribution in [3.63, 3.8) is 0 Å². The maximum atomic E-state index is 14.2. The Morgan fingerprint density at radius 1 is 0.952 bits per heavy atom. The molecule has 7 nitrogen and oxygen atoms in total. The number of carbonyl (C=O) groups is 3. The van der Waals surface area contributed by atoms with E-state index >= 15 is 0 Å². The van der Waals surface area contributed by atoms with Crippen LogP contribution in [-0.4, -0.2) is 60.0 Å². The summed E-state index contributed by atoms with van der Waals surface area (Å²) in [4.78, 5) is 41.8. The number of nitrogens with zero attached hydrogens (tertiary/aromatic N) is 1. The molecule has 0 unspecified atom stereocenters. The Labute approximate surface area is 254 Å². The number of fused-ring (bicyclic) bond motifs is 2. The summed E-state index contributed by atoms with van der Waals surface area (Å²) < 4.78 is 10.2. The van der Waals surface area contributed by atoms with E-state index in [0.717, 1.165) is 54.5 Å². The number of ether oxygens (including phenoxy) is 2. The van der Waals surface area contributed by atoms with Gasteiger partial charge in [-0.3, -0.25) is 4.79 Å². The Balaban J connectivity index is 1.70. The van der Waals surface area contributed by atoms with E-state index in [-0.39, 0.29) is 5.91 Å². The molecule has 2 aromatic rings. The van der Waals surface area contributed by atoms with Gasteiger partial charge in [0.05, 0.1) is 11.9 Å². The van der Waals surface area contributed by atoms with Crippen LogP contribution in [0.5, 0.6) is 0 Å². The smallest absolute Gasteiger partial charge is 0.408 e. The molecule has 8 heteroatoms. The first-order valence-electron chi connectivity index (χ1n) is 14.9. The standard InChI is InChI=1S/C34H44N2O5S/c1-33(2,3)41-32(39)35-28-17-13-8-6-5-7-9-14-22-42-34(23-29(31(38)40-4)36(24-34)30(28)37)27-20-18-26(19-21-27)25-15-11-10-12-16-25/h9-12,14-16,18-21,28-29H,5-8,13,17,22-24H2,1-4H3,(H,35,39)/t28-,29-,34-/m0/s1. The Hall–Kier alpha value is -3.26. The fourth-order valence-electron chi connectivity index (χ4n) is 5.71. The Morgan fingerprint density at radius 3 is 2.33 bits per heavy atom. The second-order valence-corrected chi connectivity index (χ2v) is 13.5. The highest BCUT2D eigenvalue weighted by molar-refractivity contribution is 8.00. The third-order valence-electron chi connectivity index (χ3n) is 7.82. The summed E-state index contributed by atoms with van der Waals surface area (Å²) in [5, 5.41) is 2.83. The third kappa shape index (κ3) is 8.18. The van der Waals surface area contributed by atoms with Gasteiger partial charge in [-0.05, 0) is 63.1 Å². The van der Waals surface area contributed by atoms with Crippen molar-refractivity contribution in [2.24, 2.45) is 0 Å². The molecule has 0 saturated carbocycles. The number of hydrogen-bond acceptors (Lipinski definition) is 6. The lowest BCUT2D eigenvalue weighted by atomic mass is 9.93. The van der Waals surface area contributed by atoms with Gasteiger partial charge in [0.1, 0.15) is 17.7 Å². The zero-order valence-corrected chi connectivity index (χ0v) is 26.1. The molecule has 1 fully saturated rings. The van der Waals surface area contributed by atoms with Crippen LogP contribution in [0.3, 0.4) is 0 Å². The van der Waals surface area contributed by atoms with Gasteiger partial charge in [0.2, 0.25) is 5.91 Å². The molecule has 2 bridgehead atoms. The van der Waals surface area contributed by atoms with E-state index in [1.807, 2.05) is 18.2 Å². The van der Waals surface area contributed by atoms with Gasteiger partial charge in [0, 0.05) is 12.3 Å². The molecule has 4 rings (SSSR count). The maximum Gasteiger partial charge on any atom is 0.408 e. The number of methoxy groups -OCH3 is 1. The van der Waals surface area contributed by atoms with Crippen LogP contribution < -0.4 is 5.32 Å². The van der Waals surface area contributed by atoms with Crippen molar-refractivity contribution in [2.75, 3.05) is 19.4 Å². The van der Waals surface area contributed by atoms with Crippen LogP contribution in [0.1, 0.15) is 71.3 Å². The maximum absolute atomic E-state index is 14.2. The second-order valence-electron chi connectivity index (χ2n) is 12.1. The van der Waals surface area contributed by atoms with Gasteiger partial charge >= 0.3 is 12.1 Å². The number of alkyl carbamates (subject to hydrolysis) is 1. The average molecular weight is 593 g/mol. The SMILES string of the molecule is COC(=O)[C@@H]1C[C@@]2(c3ccc(-c4ccccc4)cc3)CN1C(=O)[C@@H](NC(=O)OC(C)(C)C)CCCCCCC=CCS2. The molecule has 0 radical (unpaired) electrons. The lowest BCUT2D eigenvalue weighted by Crippen LogP contribution is -2.52. The van der Waals surface area contributed by atoms with Crippen molar-refractivity contribution in [3.05, 3.63) is 72.3 Å². The second kappa shape index (κ2) is 14.3. The molecule has 0 spiro atoms. The van der Waals surface area contributed by atoms with Gasteiger partial charge in [-0.2, -0.15) is 0 Å². The topological polar surface area (TPSA) is 84.9 Å². The van der Waals surface area contributed by atoms with Crippen molar-refractivity contribution in [1.29, 1.82) is 0 Å².